The van der Waals surface area contributed by atoms with Crippen molar-refractivity contribution < 1.29 is 19.1 Å². The molecule has 2 aromatic rings. The van der Waals surface area contributed by atoms with Gasteiger partial charge in [-0.1, -0.05) is 31.9 Å². The molecule has 2 aromatic heterocycles. The minimum absolute atomic E-state index is 0.0231. The monoisotopic (exact) mass is 543 g/mol. The maximum absolute atomic E-state index is 13.2. The first-order chi connectivity index (χ1) is 18.3. The third-order valence-electron chi connectivity index (χ3n) is 7.75. The van der Waals surface area contributed by atoms with E-state index in [1.54, 1.807) is 6.20 Å². The minimum Gasteiger partial charge on any atom is -0.353 e. The van der Waals surface area contributed by atoms with E-state index in [0.717, 1.165) is 74.9 Å². The van der Waals surface area contributed by atoms with E-state index >= 15 is 0 Å². The predicted molar refractivity (Wildman–Crippen MR) is 145 cm³/mol. The maximum atomic E-state index is 13.2. The summed E-state index contributed by atoms with van der Waals surface area (Å²) in [7, 11) is 0. The molecule has 9 nitrogen and oxygen atoms in total. The van der Waals surface area contributed by atoms with Gasteiger partial charge in [-0.15, -0.1) is 0 Å². The first-order valence-corrected chi connectivity index (χ1v) is 14.2. The smallest absolute Gasteiger partial charge is 0.228 e. The van der Waals surface area contributed by atoms with Crippen LogP contribution in [0.4, 0.5) is 5.82 Å². The number of halogens is 1. The van der Waals surface area contributed by atoms with Gasteiger partial charge in [-0.05, 0) is 56.4 Å². The van der Waals surface area contributed by atoms with Crippen LogP contribution >= 0.6 is 11.6 Å². The van der Waals surface area contributed by atoms with Gasteiger partial charge in [-0.2, -0.15) is 5.10 Å². The fourth-order valence-electron chi connectivity index (χ4n) is 5.80. The van der Waals surface area contributed by atoms with Crippen LogP contribution in [-0.4, -0.2) is 52.1 Å². The van der Waals surface area contributed by atoms with Gasteiger partial charge in [0.2, 0.25) is 11.8 Å². The molecule has 4 heterocycles. The van der Waals surface area contributed by atoms with Crippen LogP contribution in [0.25, 0.3) is 11.1 Å². The number of nitrogens with zero attached hydrogens (tertiary/aromatic N) is 3. The summed E-state index contributed by atoms with van der Waals surface area (Å²) < 4.78 is 13.3. The van der Waals surface area contributed by atoms with Crippen LogP contribution < -0.4 is 10.6 Å². The van der Waals surface area contributed by atoms with Crippen LogP contribution in [0.5, 0.6) is 0 Å². The Morgan fingerprint density at radius 3 is 2.87 bits per heavy atom. The topological polar surface area (TPSA) is 107 Å². The Hall–Kier alpha value is -2.49. The molecule has 0 bridgehead atoms. The molecule has 38 heavy (non-hydrogen) atoms. The lowest BCUT2D eigenvalue weighted by Gasteiger charge is -2.29. The predicted octanol–water partition coefficient (Wildman–Crippen LogP) is 4.73. The van der Waals surface area contributed by atoms with E-state index < -0.39 is 0 Å². The highest BCUT2D eigenvalue weighted by molar-refractivity contribution is 6.33. The highest BCUT2D eigenvalue weighted by Crippen LogP contribution is 2.39. The van der Waals surface area contributed by atoms with E-state index in [1.807, 2.05) is 16.9 Å². The second-order valence-corrected chi connectivity index (χ2v) is 12.0. The summed E-state index contributed by atoms with van der Waals surface area (Å²) >= 11 is 6.53. The molecule has 1 saturated carbocycles. The Kier molecular flexibility index (Phi) is 8.35. The highest BCUT2D eigenvalue weighted by atomic mass is 35.5. The van der Waals surface area contributed by atoms with Crippen molar-refractivity contribution in [2.45, 2.75) is 90.5 Å². The number of aromatic nitrogens is 3. The van der Waals surface area contributed by atoms with E-state index in [0.29, 0.717) is 30.3 Å². The van der Waals surface area contributed by atoms with Gasteiger partial charge >= 0.3 is 0 Å². The van der Waals surface area contributed by atoms with Crippen molar-refractivity contribution in [1.82, 2.24) is 20.1 Å². The molecule has 0 radical (unpaired) electrons. The normalized spacial score (nSPS) is 24.6. The highest BCUT2D eigenvalue weighted by Gasteiger charge is 2.32. The number of rotatable bonds is 8. The molecule has 2 aliphatic heterocycles. The SMILES string of the molecule is CC1(C)Cc2c(-c3cc(NC(=O)[C@H]4CCC[C@@H](NC(=O)CCOC5CCCCO5)C4)ncc3Cl)cnn2C1. The van der Waals surface area contributed by atoms with Crippen LogP contribution in [0.15, 0.2) is 18.5 Å². The first kappa shape index (κ1) is 27.1. The Labute approximate surface area is 229 Å². The quantitative estimate of drug-likeness (QED) is 0.498. The van der Waals surface area contributed by atoms with Gasteiger partial charge in [0.25, 0.3) is 0 Å². The number of ether oxygens (including phenoxy) is 2. The van der Waals surface area contributed by atoms with Crippen LogP contribution in [0.1, 0.15) is 70.9 Å². The van der Waals surface area contributed by atoms with Crippen molar-refractivity contribution in [2.75, 3.05) is 18.5 Å². The Bertz CT molecular complexity index is 1160. The molecule has 1 aliphatic carbocycles. The molecule has 5 rings (SSSR count). The van der Waals surface area contributed by atoms with Gasteiger partial charge in [0, 0.05) is 48.1 Å². The Balaban J connectivity index is 1.14. The molecule has 1 unspecified atom stereocenters. The molecule has 3 aliphatic rings. The average molecular weight is 544 g/mol. The lowest BCUT2D eigenvalue weighted by Crippen LogP contribution is -2.41. The van der Waals surface area contributed by atoms with E-state index in [1.165, 1.54) is 0 Å². The van der Waals surface area contributed by atoms with Crippen LogP contribution in [-0.2, 0) is 32.0 Å². The third kappa shape index (κ3) is 6.55. The van der Waals surface area contributed by atoms with Crippen LogP contribution in [0, 0.1) is 11.3 Å². The molecule has 1 saturated heterocycles. The number of amides is 2. The summed E-state index contributed by atoms with van der Waals surface area (Å²) in [6.45, 7) is 6.39. The third-order valence-corrected chi connectivity index (χ3v) is 8.05. The van der Waals surface area contributed by atoms with Gasteiger partial charge in [0.15, 0.2) is 6.29 Å². The fourth-order valence-corrected chi connectivity index (χ4v) is 6.00. The van der Waals surface area contributed by atoms with Gasteiger partial charge in [0.05, 0.1) is 24.2 Å². The Morgan fingerprint density at radius 2 is 2.05 bits per heavy atom. The second-order valence-electron chi connectivity index (χ2n) is 11.6. The lowest BCUT2D eigenvalue weighted by molar-refractivity contribution is -0.164. The van der Waals surface area contributed by atoms with Gasteiger partial charge in [-0.3, -0.25) is 14.3 Å². The van der Waals surface area contributed by atoms with Crippen molar-refractivity contribution in [3.8, 4) is 11.1 Å². The molecule has 10 heteroatoms. The fraction of sp³-hybridized carbons (Fsp3) is 0.643. The zero-order valence-corrected chi connectivity index (χ0v) is 23.1. The second kappa shape index (κ2) is 11.7. The van der Waals surface area contributed by atoms with Crippen molar-refractivity contribution in [3.05, 3.63) is 29.2 Å². The number of fused-ring (bicyclic) bond motifs is 1. The summed E-state index contributed by atoms with van der Waals surface area (Å²) in [6.07, 6.45) is 10.6. The van der Waals surface area contributed by atoms with E-state index in [-0.39, 0.29) is 35.5 Å². The molecule has 0 aromatic carbocycles. The molecular formula is C28H38ClN5O4. The largest absolute Gasteiger partial charge is 0.353 e. The molecule has 0 spiro atoms. The summed E-state index contributed by atoms with van der Waals surface area (Å²) in [5.41, 5.74) is 3.12. The van der Waals surface area contributed by atoms with Crippen molar-refractivity contribution in [3.63, 3.8) is 0 Å². The molecule has 3 atom stereocenters. The van der Waals surface area contributed by atoms with Gasteiger partial charge in [-0.25, -0.2) is 4.98 Å². The molecule has 2 amide bonds. The summed E-state index contributed by atoms with van der Waals surface area (Å²) in [4.78, 5) is 30.0. The van der Waals surface area contributed by atoms with E-state index in [4.69, 9.17) is 21.1 Å². The summed E-state index contributed by atoms with van der Waals surface area (Å²) in [5.74, 6) is 0.152. The molecule has 2 fully saturated rings. The van der Waals surface area contributed by atoms with Crippen molar-refractivity contribution in [1.29, 1.82) is 0 Å². The van der Waals surface area contributed by atoms with E-state index in [2.05, 4.69) is 34.6 Å². The maximum Gasteiger partial charge on any atom is 0.228 e. The van der Waals surface area contributed by atoms with Crippen LogP contribution in [0.3, 0.4) is 0 Å². The van der Waals surface area contributed by atoms with Crippen molar-refractivity contribution in [2.24, 2.45) is 11.3 Å². The average Bonchev–Trinajstić information content (AvgIpc) is 3.41. The molecular weight excluding hydrogens is 506 g/mol. The molecule has 206 valence electrons. The zero-order valence-electron chi connectivity index (χ0n) is 22.3. The van der Waals surface area contributed by atoms with Gasteiger partial charge < -0.3 is 20.1 Å². The lowest BCUT2D eigenvalue weighted by atomic mass is 9.85. The minimum atomic E-state index is -0.192. The summed E-state index contributed by atoms with van der Waals surface area (Å²) in [6, 6.07) is 1.81. The number of pyridine rings is 1. The number of nitrogens with one attached hydrogen (secondary N) is 2. The number of carbonyl (C=O) groups excluding carboxylic acids is 2. The van der Waals surface area contributed by atoms with Crippen molar-refractivity contribution >= 4 is 29.2 Å². The summed E-state index contributed by atoms with van der Waals surface area (Å²) in [5, 5.41) is 11.2. The van der Waals surface area contributed by atoms with Gasteiger partial charge in [0.1, 0.15) is 5.82 Å². The zero-order chi connectivity index (χ0) is 26.7. The number of carbonyl (C=O) groups is 2. The van der Waals surface area contributed by atoms with Crippen LogP contribution in [0.2, 0.25) is 5.02 Å². The number of hydrogen-bond acceptors (Lipinski definition) is 6. The first-order valence-electron chi connectivity index (χ1n) is 13.8. The number of hydrogen-bond donors (Lipinski definition) is 2. The Morgan fingerprint density at radius 1 is 1.18 bits per heavy atom. The standard InChI is InChI=1S/C28H38ClN5O4/c1-28(2)14-23-21(15-31-34(23)17-28)20-13-24(30-16-22(20)29)33-27(36)18-6-5-7-19(12-18)32-25(35)9-11-38-26-8-3-4-10-37-26/h13,15-16,18-19,26H,3-12,14,17H2,1-2H3,(H,32,35)(H,30,33,36)/t18-,19+,26?/m0/s1. The molecule has 2 N–H and O–H groups in total. The number of anilines is 1. The van der Waals surface area contributed by atoms with E-state index in [9.17, 15) is 9.59 Å².